The van der Waals surface area contributed by atoms with Gasteiger partial charge in [0.25, 0.3) is 5.89 Å². The van der Waals surface area contributed by atoms with Gasteiger partial charge in [0.15, 0.2) is 0 Å². The number of benzene rings is 1. The molecule has 0 saturated carbocycles. The van der Waals surface area contributed by atoms with Crippen LogP contribution in [-0.4, -0.2) is 24.8 Å². The van der Waals surface area contributed by atoms with Gasteiger partial charge in [0.2, 0.25) is 5.82 Å². The Hall–Kier alpha value is -2.28. The van der Waals surface area contributed by atoms with E-state index in [1.165, 1.54) is 11.5 Å². The minimum Gasteiger partial charge on any atom is -0.508 e. The minimum atomic E-state index is 0.167. The van der Waals surface area contributed by atoms with E-state index in [4.69, 9.17) is 4.52 Å². The smallest absolute Gasteiger partial charge is 0.271 e. The molecule has 0 atom stereocenters. The van der Waals surface area contributed by atoms with Crippen LogP contribution in [0.5, 0.6) is 5.75 Å². The van der Waals surface area contributed by atoms with Crippen molar-refractivity contribution < 1.29 is 9.63 Å². The highest BCUT2D eigenvalue weighted by atomic mass is 32.1. The molecule has 0 bridgehead atoms. The summed E-state index contributed by atoms with van der Waals surface area (Å²) in [6.45, 7) is 2.08. The van der Waals surface area contributed by atoms with Crippen molar-refractivity contribution >= 4 is 11.5 Å². The van der Waals surface area contributed by atoms with Crippen LogP contribution in [0.15, 0.2) is 28.8 Å². The summed E-state index contributed by atoms with van der Waals surface area (Å²) in [5, 5.41) is 17.5. The molecule has 0 radical (unpaired) electrons. The van der Waals surface area contributed by atoms with Crippen LogP contribution in [0.4, 0.5) is 0 Å². The maximum absolute atomic E-state index is 9.48. The summed E-state index contributed by atoms with van der Waals surface area (Å²) in [7, 11) is 0. The average molecular weight is 288 g/mol. The number of aromatic hydroxyl groups is 1. The monoisotopic (exact) mass is 288 g/mol. The normalized spacial score (nSPS) is 10.8. The van der Waals surface area contributed by atoms with E-state index >= 15 is 0 Å². The third-order valence-corrected chi connectivity index (χ3v) is 3.52. The second-order valence-electron chi connectivity index (χ2n) is 4.27. The number of aromatic nitrogens is 4. The lowest BCUT2D eigenvalue weighted by Crippen LogP contribution is -1.87. The van der Waals surface area contributed by atoms with E-state index < -0.39 is 0 Å². The molecule has 0 unspecified atom stereocenters. The molecule has 0 aliphatic heterocycles. The van der Waals surface area contributed by atoms with Gasteiger partial charge in [-0.15, -0.1) is 5.10 Å². The molecule has 3 rings (SSSR count). The first-order valence-corrected chi connectivity index (χ1v) is 7.00. The quantitative estimate of drug-likeness (QED) is 0.794. The second kappa shape index (κ2) is 5.38. The number of rotatable bonds is 4. The van der Waals surface area contributed by atoms with Gasteiger partial charge in [-0.2, -0.15) is 4.98 Å². The van der Waals surface area contributed by atoms with Gasteiger partial charge in [-0.1, -0.05) is 35.1 Å². The van der Waals surface area contributed by atoms with Crippen LogP contribution in [0.3, 0.4) is 0 Å². The molecule has 6 nitrogen and oxygen atoms in total. The lowest BCUT2D eigenvalue weighted by Gasteiger charge is -1.94. The van der Waals surface area contributed by atoms with E-state index in [2.05, 4.69) is 26.7 Å². The van der Waals surface area contributed by atoms with E-state index in [-0.39, 0.29) is 5.75 Å². The van der Waals surface area contributed by atoms with Gasteiger partial charge in [-0.25, -0.2) is 0 Å². The zero-order valence-electron chi connectivity index (χ0n) is 10.8. The molecule has 1 N–H and O–H groups in total. The summed E-state index contributed by atoms with van der Waals surface area (Å²) in [6.07, 6.45) is 1.81. The molecule has 0 aliphatic carbocycles. The fraction of sp³-hybridized carbons (Fsp3) is 0.231. The summed E-state index contributed by atoms with van der Waals surface area (Å²) < 4.78 is 9.22. The Morgan fingerprint density at radius 3 is 3.05 bits per heavy atom. The number of hydrogen-bond donors (Lipinski definition) is 1. The Labute approximate surface area is 119 Å². The van der Waals surface area contributed by atoms with Gasteiger partial charge in [0.1, 0.15) is 10.6 Å². The Kier molecular flexibility index (Phi) is 3.42. The summed E-state index contributed by atoms with van der Waals surface area (Å²) in [5.41, 5.74) is 1.58. The summed E-state index contributed by atoms with van der Waals surface area (Å²) >= 11 is 1.25. The number of hydrogen-bond acceptors (Lipinski definition) is 7. The van der Waals surface area contributed by atoms with E-state index in [0.29, 0.717) is 17.3 Å². The van der Waals surface area contributed by atoms with E-state index in [9.17, 15) is 5.11 Å². The summed E-state index contributed by atoms with van der Waals surface area (Å²) in [6, 6.07) is 6.73. The number of aryl methyl sites for hydroxylation is 1. The topological polar surface area (TPSA) is 84.9 Å². The zero-order chi connectivity index (χ0) is 13.9. The SMILES string of the molecule is CCCc1nnsc1-c1nc(-c2cccc(O)c2)no1. The van der Waals surface area contributed by atoms with Crippen molar-refractivity contribution in [3.05, 3.63) is 30.0 Å². The number of phenolic OH excluding ortho intramolecular Hbond substituents is 1. The molecular formula is C13H12N4O2S. The van der Waals surface area contributed by atoms with Gasteiger partial charge in [-0.05, 0) is 30.1 Å². The molecular weight excluding hydrogens is 276 g/mol. The lowest BCUT2D eigenvalue weighted by atomic mass is 10.2. The van der Waals surface area contributed by atoms with Crippen LogP contribution >= 0.6 is 11.5 Å². The zero-order valence-corrected chi connectivity index (χ0v) is 11.6. The lowest BCUT2D eigenvalue weighted by molar-refractivity contribution is 0.432. The Morgan fingerprint density at radius 2 is 2.25 bits per heavy atom. The van der Waals surface area contributed by atoms with E-state index in [1.807, 2.05) is 6.07 Å². The third-order valence-electron chi connectivity index (χ3n) is 2.77. The Balaban J connectivity index is 1.96. The molecule has 0 aliphatic rings. The van der Waals surface area contributed by atoms with Crippen LogP contribution in [0, 0.1) is 0 Å². The molecule has 2 heterocycles. The highest BCUT2D eigenvalue weighted by Gasteiger charge is 2.17. The van der Waals surface area contributed by atoms with Crippen molar-refractivity contribution in [2.75, 3.05) is 0 Å². The van der Waals surface area contributed by atoms with Crippen molar-refractivity contribution in [2.24, 2.45) is 0 Å². The predicted octanol–water partition coefficient (Wildman–Crippen LogP) is 2.91. The largest absolute Gasteiger partial charge is 0.508 e. The van der Waals surface area contributed by atoms with Crippen LogP contribution < -0.4 is 0 Å². The molecule has 1 aromatic carbocycles. The van der Waals surface area contributed by atoms with Crippen molar-refractivity contribution in [3.8, 4) is 27.9 Å². The highest BCUT2D eigenvalue weighted by molar-refractivity contribution is 7.09. The fourth-order valence-electron chi connectivity index (χ4n) is 1.85. The first-order valence-electron chi connectivity index (χ1n) is 6.22. The van der Waals surface area contributed by atoms with Gasteiger partial charge in [-0.3, -0.25) is 0 Å². The molecule has 0 saturated heterocycles. The highest BCUT2D eigenvalue weighted by Crippen LogP contribution is 2.28. The molecule has 3 aromatic rings. The number of nitrogens with zero attached hydrogens (tertiary/aromatic N) is 4. The maximum atomic E-state index is 9.48. The average Bonchev–Trinajstić information content (AvgIpc) is 3.07. The molecule has 20 heavy (non-hydrogen) atoms. The first-order chi connectivity index (χ1) is 9.78. The van der Waals surface area contributed by atoms with Gasteiger partial charge in [0.05, 0.1) is 5.69 Å². The van der Waals surface area contributed by atoms with Crippen LogP contribution in [0.1, 0.15) is 19.0 Å². The third kappa shape index (κ3) is 2.39. The van der Waals surface area contributed by atoms with Crippen LogP contribution in [-0.2, 0) is 6.42 Å². The maximum Gasteiger partial charge on any atom is 0.271 e. The standard InChI is InChI=1S/C13H12N4O2S/c1-2-4-10-11(20-17-15-10)13-14-12(16-19-13)8-5-3-6-9(18)7-8/h3,5-7,18H,2,4H2,1H3. The molecule has 0 amide bonds. The fourth-order valence-corrected chi connectivity index (χ4v) is 2.48. The predicted molar refractivity (Wildman–Crippen MR) is 74.3 cm³/mol. The van der Waals surface area contributed by atoms with Gasteiger partial charge >= 0.3 is 0 Å². The first kappa shape index (κ1) is 12.7. The van der Waals surface area contributed by atoms with Crippen molar-refractivity contribution in [1.29, 1.82) is 0 Å². The van der Waals surface area contributed by atoms with Gasteiger partial charge < -0.3 is 9.63 Å². The Morgan fingerprint density at radius 1 is 1.35 bits per heavy atom. The second-order valence-corrected chi connectivity index (χ2v) is 5.03. The van der Waals surface area contributed by atoms with E-state index in [0.717, 1.165) is 23.4 Å². The van der Waals surface area contributed by atoms with Gasteiger partial charge in [0, 0.05) is 5.56 Å². The van der Waals surface area contributed by atoms with Crippen molar-refractivity contribution in [1.82, 2.24) is 19.7 Å². The Bertz CT molecular complexity index is 722. The molecule has 0 spiro atoms. The molecule has 7 heteroatoms. The minimum absolute atomic E-state index is 0.167. The number of phenols is 1. The van der Waals surface area contributed by atoms with Crippen molar-refractivity contribution in [2.45, 2.75) is 19.8 Å². The van der Waals surface area contributed by atoms with Crippen LogP contribution in [0.2, 0.25) is 0 Å². The molecule has 2 aromatic heterocycles. The molecule has 0 fully saturated rings. The van der Waals surface area contributed by atoms with Crippen molar-refractivity contribution in [3.63, 3.8) is 0 Å². The summed E-state index contributed by atoms with van der Waals surface area (Å²) in [5.74, 6) is 1.02. The van der Waals surface area contributed by atoms with Crippen LogP contribution in [0.25, 0.3) is 22.2 Å². The molecule has 102 valence electrons. The van der Waals surface area contributed by atoms with E-state index in [1.54, 1.807) is 18.2 Å². The summed E-state index contributed by atoms with van der Waals surface area (Å²) in [4.78, 5) is 5.16.